The summed E-state index contributed by atoms with van der Waals surface area (Å²) >= 11 is 0. The van der Waals surface area contributed by atoms with Crippen LogP contribution in [0.3, 0.4) is 0 Å². The SMILES string of the molecule is O=CNC(CCO)c1ccccc1. The molecule has 0 saturated carbocycles. The number of nitrogens with one attached hydrogen (secondary N) is 1. The normalized spacial score (nSPS) is 12.1. The number of aliphatic hydroxyl groups excluding tert-OH is 1. The zero-order valence-electron chi connectivity index (χ0n) is 7.31. The second-order valence-corrected chi connectivity index (χ2v) is 2.76. The zero-order chi connectivity index (χ0) is 9.52. The molecule has 0 aliphatic heterocycles. The maximum atomic E-state index is 10.3. The van der Waals surface area contributed by atoms with Crippen molar-refractivity contribution in [2.24, 2.45) is 0 Å². The zero-order valence-corrected chi connectivity index (χ0v) is 7.31. The van der Waals surface area contributed by atoms with Crippen LogP contribution in [0.25, 0.3) is 0 Å². The van der Waals surface area contributed by atoms with Crippen LogP contribution in [0.5, 0.6) is 0 Å². The lowest BCUT2D eigenvalue weighted by Crippen LogP contribution is -2.20. The van der Waals surface area contributed by atoms with E-state index in [9.17, 15) is 4.79 Å². The summed E-state index contributed by atoms with van der Waals surface area (Å²) in [4.78, 5) is 10.3. The van der Waals surface area contributed by atoms with Crippen molar-refractivity contribution in [2.45, 2.75) is 12.5 Å². The molecule has 1 amide bonds. The number of carbonyl (C=O) groups is 1. The van der Waals surface area contributed by atoms with E-state index in [4.69, 9.17) is 5.11 Å². The number of amides is 1. The predicted octanol–water partition coefficient (Wildman–Crippen LogP) is 0.856. The molecule has 0 heterocycles. The molecule has 0 saturated heterocycles. The minimum Gasteiger partial charge on any atom is -0.396 e. The van der Waals surface area contributed by atoms with Crippen LogP contribution in [-0.4, -0.2) is 18.1 Å². The van der Waals surface area contributed by atoms with Crippen LogP contribution >= 0.6 is 0 Å². The van der Waals surface area contributed by atoms with E-state index in [0.29, 0.717) is 12.8 Å². The highest BCUT2D eigenvalue weighted by atomic mass is 16.3. The molecule has 70 valence electrons. The van der Waals surface area contributed by atoms with Gasteiger partial charge in [-0.3, -0.25) is 4.79 Å². The average molecular weight is 179 g/mol. The largest absolute Gasteiger partial charge is 0.396 e. The molecule has 0 aromatic heterocycles. The first kappa shape index (κ1) is 9.74. The third kappa shape index (κ3) is 2.87. The fourth-order valence-corrected chi connectivity index (χ4v) is 1.24. The van der Waals surface area contributed by atoms with Crippen LogP contribution in [0.15, 0.2) is 30.3 Å². The Morgan fingerprint density at radius 3 is 2.62 bits per heavy atom. The number of carbonyl (C=O) groups excluding carboxylic acids is 1. The van der Waals surface area contributed by atoms with Gasteiger partial charge in [-0.1, -0.05) is 30.3 Å². The van der Waals surface area contributed by atoms with Crippen molar-refractivity contribution >= 4 is 6.41 Å². The predicted molar refractivity (Wildman–Crippen MR) is 50.1 cm³/mol. The molecule has 13 heavy (non-hydrogen) atoms. The molecule has 0 aliphatic carbocycles. The highest BCUT2D eigenvalue weighted by Gasteiger charge is 2.07. The molecule has 3 heteroatoms. The summed E-state index contributed by atoms with van der Waals surface area (Å²) in [6, 6.07) is 9.51. The molecule has 0 spiro atoms. The second kappa shape index (κ2) is 5.32. The third-order valence-corrected chi connectivity index (χ3v) is 1.89. The lowest BCUT2D eigenvalue weighted by atomic mass is 10.0. The summed E-state index contributed by atoms with van der Waals surface area (Å²) in [6.07, 6.45) is 1.20. The summed E-state index contributed by atoms with van der Waals surface area (Å²) in [5.74, 6) is 0. The summed E-state index contributed by atoms with van der Waals surface area (Å²) in [6.45, 7) is 0.0698. The fourth-order valence-electron chi connectivity index (χ4n) is 1.24. The summed E-state index contributed by atoms with van der Waals surface area (Å²) < 4.78 is 0. The molecule has 1 aromatic rings. The Kier molecular flexibility index (Phi) is 3.99. The van der Waals surface area contributed by atoms with E-state index < -0.39 is 0 Å². The molecule has 0 fully saturated rings. The van der Waals surface area contributed by atoms with Crippen LogP contribution in [0.2, 0.25) is 0 Å². The minimum atomic E-state index is -0.0799. The highest BCUT2D eigenvalue weighted by Crippen LogP contribution is 2.14. The van der Waals surface area contributed by atoms with Crippen molar-refractivity contribution in [3.63, 3.8) is 0 Å². The van der Waals surface area contributed by atoms with E-state index in [0.717, 1.165) is 5.56 Å². The van der Waals surface area contributed by atoms with Gasteiger partial charge in [0.1, 0.15) is 0 Å². The Balaban J connectivity index is 2.69. The van der Waals surface area contributed by atoms with Crippen LogP contribution in [0, 0.1) is 0 Å². The van der Waals surface area contributed by atoms with Gasteiger partial charge in [0.2, 0.25) is 6.41 Å². The van der Waals surface area contributed by atoms with Gasteiger partial charge in [0.05, 0.1) is 6.04 Å². The summed E-state index contributed by atoms with van der Waals surface area (Å²) in [5.41, 5.74) is 1.02. The topological polar surface area (TPSA) is 49.3 Å². The van der Waals surface area contributed by atoms with Crippen LogP contribution < -0.4 is 5.32 Å². The van der Waals surface area contributed by atoms with Gasteiger partial charge < -0.3 is 10.4 Å². The first-order chi connectivity index (χ1) is 6.38. The van der Waals surface area contributed by atoms with Crippen molar-refractivity contribution in [3.05, 3.63) is 35.9 Å². The minimum absolute atomic E-state index is 0.0698. The molecule has 1 atom stereocenters. The smallest absolute Gasteiger partial charge is 0.207 e. The Morgan fingerprint density at radius 1 is 1.38 bits per heavy atom. The fraction of sp³-hybridized carbons (Fsp3) is 0.300. The monoisotopic (exact) mass is 179 g/mol. The van der Waals surface area contributed by atoms with Gasteiger partial charge in [-0.15, -0.1) is 0 Å². The van der Waals surface area contributed by atoms with Crippen molar-refractivity contribution in [3.8, 4) is 0 Å². The Labute approximate surface area is 77.4 Å². The van der Waals surface area contributed by atoms with Crippen molar-refractivity contribution in [1.29, 1.82) is 0 Å². The lowest BCUT2D eigenvalue weighted by Gasteiger charge is -2.14. The van der Waals surface area contributed by atoms with Gasteiger partial charge in [0.15, 0.2) is 0 Å². The van der Waals surface area contributed by atoms with Gasteiger partial charge >= 0.3 is 0 Å². The van der Waals surface area contributed by atoms with E-state index in [1.54, 1.807) is 0 Å². The molecule has 0 aliphatic rings. The average Bonchev–Trinajstić information content (AvgIpc) is 2.19. The van der Waals surface area contributed by atoms with E-state index in [1.807, 2.05) is 30.3 Å². The van der Waals surface area contributed by atoms with Gasteiger partial charge in [-0.2, -0.15) is 0 Å². The van der Waals surface area contributed by atoms with E-state index in [1.165, 1.54) is 0 Å². The van der Waals surface area contributed by atoms with Crippen molar-refractivity contribution < 1.29 is 9.90 Å². The number of hydrogen-bond donors (Lipinski definition) is 2. The molecule has 2 N–H and O–H groups in total. The molecule has 1 unspecified atom stereocenters. The Hall–Kier alpha value is -1.35. The number of benzene rings is 1. The van der Waals surface area contributed by atoms with Crippen molar-refractivity contribution in [1.82, 2.24) is 5.32 Å². The highest BCUT2D eigenvalue weighted by molar-refractivity contribution is 5.47. The van der Waals surface area contributed by atoms with E-state index >= 15 is 0 Å². The second-order valence-electron chi connectivity index (χ2n) is 2.76. The molecule has 3 nitrogen and oxygen atoms in total. The first-order valence-corrected chi connectivity index (χ1v) is 4.24. The van der Waals surface area contributed by atoms with Gasteiger partial charge in [0, 0.05) is 6.61 Å². The Bertz CT molecular complexity index is 248. The van der Waals surface area contributed by atoms with Gasteiger partial charge in [-0.05, 0) is 12.0 Å². The summed E-state index contributed by atoms with van der Waals surface area (Å²) in [7, 11) is 0. The first-order valence-electron chi connectivity index (χ1n) is 4.24. The standard InChI is InChI=1S/C10H13NO2/c12-7-6-10(11-8-13)9-4-2-1-3-5-9/h1-5,8,10,12H,6-7H2,(H,11,13). The maximum absolute atomic E-state index is 10.3. The number of hydrogen-bond acceptors (Lipinski definition) is 2. The van der Waals surface area contributed by atoms with Gasteiger partial charge in [0.25, 0.3) is 0 Å². The molecule has 1 rings (SSSR count). The van der Waals surface area contributed by atoms with Crippen molar-refractivity contribution in [2.75, 3.05) is 6.61 Å². The molecule has 1 aromatic carbocycles. The van der Waals surface area contributed by atoms with E-state index in [-0.39, 0.29) is 12.6 Å². The van der Waals surface area contributed by atoms with Crippen LogP contribution in [0.4, 0.5) is 0 Å². The Morgan fingerprint density at radius 2 is 2.08 bits per heavy atom. The van der Waals surface area contributed by atoms with Crippen LogP contribution in [0.1, 0.15) is 18.0 Å². The quantitative estimate of drug-likeness (QED) is 0.658. The van der Waals surface area contributed by atoms with E-state index in [2.05, 4.69) is 5.32 Å². The van der Waals surface area contributed by atoms with Gasteiger partial charge in [-0.25, -0.2) is 0 Å². The van der Waals surface area contributed by atoms with Crippen LogP contribution in [-0.2, 0) is 4.79 Å². The molecular formula is C10H13NO2. The maximum Gasteiger partial charge on any atom is 0.207 e. The molecular weight excluding hydrogens is 166 g/mol. The molecule has 0 radical (unpaired) electrons. The lowest BCUT2D eigenvalue weighted by molar-refractivity contribution is -0.110. The number of rotatable bonds is 5. The number of aliphatic hydroxyl groups is 1. The summed E-state index contributed by atoms with van der Waals surface area (Å²) in [5, 5.41) is 11.4. The molecule has 0 bridgehead atoms. The third-order valence-electron chi connectivity index (χ3n) is 1.89.